The molecule has 3 aliphatic rings. The maximum absolute atomic E-state index is 6.55. The lowest BCUT2D eigenvalue weighted by atomic mass is 9.81. The highest BCUT2D eigenvalue weighted by Gasteiger charge is 2.55. The van der Waals surface area contributed by atoms with Gasteiger partial charge in [-0.3, -0.25) is 0 Å². The number of aromatic nitrogens is 2. The molecule has 0 N–H and O–H groups in total. The Balaban J connectivity index is 1.93. The molecule has 0 fully saturated rings. The molecule has 3 nitrogen and oxygen atoms in total. The van der Waals surface area contributed by atoms with E-state index in [-0.39, 0.29) is 11.6 Å². The summed E-state index contributed by atoms with van der Waals surface area (Å²) in [5.41, 5.74) is 9.38. The van der Waals surface area contributed by atoms with E-state index < -0.39 is 0 Å². The lowest BCUT2D eigenvalue weighted by Crippen LogP contribution is -2.55. The van der Waals surface area contributed by atoms with Gasteiger partial charge in [-0.1, -0.05) is 18.2 Å². The first-order chi connectivity index (χ1) is 12.3. The lowest BCUT2D eigenvalue weighted by Gasteiger charge is -2.27. The van der Waals surface area contributed by atoms with Gasteiger partial charge >= 0.3 is 0 Å². The second-order valence-electron chi connectivity index (χ2n) is 8.56. The number of hydrogen-bond acceptors (Lipinski definition) is 1. The normalized spacial score (nSPS) is 24.9. The molecule has 2 aromatic rings. The van der Waals surface area contributed by atoms with Gasteiger partial charge in [0.1, 0.15) is 17.3 Å². The van der Waals surface area contributed by atoms with Gasteiger partial charge in [0.25, 0.3) is 5.82 Å². The first-order valence-corrected chi connectivity index (χ1v) is 9.57. The predicted molar refractivity (Wildman–Crippen MR) is 104 cm³/mol. The zero-order valence-corrected chi connectivity index (χ0v) is 16.8. The van der Waals surface area contributed by atoms with Crippen LogP contribution in [0.25, 0.3) is 11.3 Å². The lowest BCUT2D eigenvalue weighted by molar-refractivity contribution is -0.750. The minimum Gasteiger partial charge on any atom is -0.481 e. The fraction of sp³-hybridized carbons (Fsp3) is 0.435. The summed E-state index contributed by atoms with van der Waals surface area (Å²) < 4.78 is 11.5. The number of aryl methyl sites for hydroxylation is 3. The largest absolute Gasteiger partial charge is 0.481 e. The molecule has 2 aliphatic heterocycles. The second-order valence-corrected chi connectivity index (χ2v) is 8.56. The first-order valence-electron chi connectivity index (χ1n) is 9.57. The van der Waals surface area contributed by atoms with Crippen LogP contribution in [-0.4, -0.2) is 10.5 Å². The fourth-order valence-corrected chi connectivity index (χ4v) is 5.48. The van der Waals surface area contributed by atoms with Gasteiger partial charge in [0.05, 0.1) is 0 Å². The fourth-order valence-electron chi connectivity index (χ4n) is 5.48. The standard InChI is InChI=1S/C23H27N2O/c1-12-13(2)15(4)24-16(5)25-21(20(24)14(12)3)22-19(23(25,6)7)17-10-8-9-11-18(17)26-22/h8-11,17-18H,1-7H3/q+1. The van der Waals surface area contributed by atoms with Crippen LogP contribution in [0.1, 0.15) is 47.8 Å². The van der Waals surface area contributed by atoms with Crippen molar-refractivity contribution in [3.8, 4) is 0 Å². The van der Waals surface area contributed by atoms with Gasteiger partial charge in [0.15, 0.2) is 11.3 Å². The molecular formula is C23H27N2O+. The number of imidazole rings is 1. The zero-order valence-electron chi connectivity index (χ0n) is 16.8. The summed E-state index contributed by atoms with van der Waals surface area (Å²) in [6.45, 7) is 15.9. The zero-order chi connectivity index (χ0) is 18.5. The molecule has 2 aromatic heterocycles. The third-order valence-corrected chi connectivity index (χ3v) is 7.03. The van der Waals surface area contributed by atoms with Crippen LogP contribution >= 0.6 is 0 Å². The number of ether oxygens (including phenoxy) is 1. The highest BCUT2D eigenvalue weighted by atomic mass is 16.5. The number of allylic oxidation sites excluding steroid dienone is 2. The van der Waals surface area contributed by atoms with Crippen molar-refractivity contribution in [2.24, 2.45) is 5.92 Å². The van der Waals surface area contributed by atoms with E-state index in [1.807, 2.05) is 0 Å². The summed E-state index contributed by atoms with van der Waals surface area (Å²) in [7, 11) is 0. The van der Waals surface area contributed by atoms with Gasteiger partial charge in [-0.2, -0.15) is 4.40 Å². The van der Waals surface area contributed by atoms with E-state index in [2.05, 4.69) is 81.7 Å². The summed E-state index contributed by atoms with van der Waals surface area (Å²) >= 11 is 0. The summed E-state index contributed by atoms with van der Waals surface area (Å²) in [5.74, 6) is 2.74. The molecular weight excluding hydrogens is 320 g/mol. The van der Waals surface area contributed by atoms with Crippen LogP contribution in [0.3, 0.4) is 0 Å². The molecule has 134 valence electrons. The number of hydrogen-bond donors (Lipinski definition) is 0. The van der Waals surface area contributed by atoms with Gasteiger partial charge in [0.2, 0.25) is 5.69 Å². The van der Waals surface area contributed by atoms with Gasteiger partial charge in [0, 0.05) is 24.0 Å². The minimum atomic E-state index is -0.0869. The molecule has 0 aromatic carbocycles. The van der Waals surface area contributed by atoms with Crippen molar-refractivity contribution in [3.63, 3.8) is 0 Å². The Labute approximate surface area is 155 Å². The van der Waals surface area contributed by atoms with Crippen molar-refractivity contribution in [1.29, 1.82) is 0 Å². The molecule has 2 unspecified atom stereocenters. The molecule has 0 saturated heterocycles. The average Bonchev–Trinajstić information content (AvgIpc) is 3.20. The maximum atomic E-state index is 6.55. The van der Waals surface area contributed by atoms with Gasteiger partial charge in [-0.05, 0) is 58.7 Å². The van der Waals surface area contributed by atoms with Crippen molar-refractivity contribution < 1.29 is 9.30 Å². The number of nitrogens with zero attached hydrogens (tertiary/aromatic N) is 2. The van der Waals surface area contributed by atoms with E-state index in [1.54, 1.807) is 0 Å². The predicted octanol–water partition coefficient (Wildman–Crippen LogP) is 4.37. The van der Waals surface area contributed by atoms with Crippen molar-refractivity contribution >= 4 is 11.3 Å². The molecule has 2 atom stereocenters. The van der Waals surface area contributed by atoms with E-state index in [0.717, 1.165) is 5.76 Å². The molecule has 1 aliphatic carbocycles. The Morgan fingerprint density at radius 2 is 1.65 bits per heavy atom. The van der Waals surface area contributed by atoms with E-state index >= 15 is 0 Å². The Morgan fingerprint density at radius 3 is 2.38 bits per heavy atom. The average molecular weight is 347 g/mol. The van der Waals surface area contributed by atoms with Crippen LogP contribution in [-0.2, 0) is 10.3 Å². The third kappa shape index (κ3) is 1.58. The van der Waals surface area contributed by atoms with Crippen LogP contribution in [0, 0.1) is 40.5 Å². The molecule has 3 heteroatoms. The Kier molecular flexibility index (Phi) is 2.88. The van der Waals surface area contributed by atoms with Crippen molar-refractivity contribution in [3.05, 3.63) is 63.8 Å². The quantitative estimate of drug-likeness (QED) is 0.647. The molecule has 0 saturated carbocycles. The minimum absolute atomic E-state index is 0.0869. The maximum Gasteiger partial charge on any atom is 0.259 e. The van der Waals surface area contributed by atoms with Crippen LogP contribution < -0.4 is 4.57 Å². The summed E-state index contributed by atoms with van der Waals surface area (Å²) in [5, 5.41) is 0. The molecule has 0 spiro atoms. The smallest absolute Gasteiger partial charge is 0.259 e. The van der Waals surface area contributed by atoms with Crippen LogP contribution in [0.15, 0.2) is 29.9 Å². The van der Waals surface area contributed by atoms with Gasteiger partial charge in [-0.15, -0.1) is 0 Å². The number of rotatable bonds is 0. The molecule has 26 heavy (non-hydrogen) atoms. The Hall–Kier alpha value is -2.29. The van der Waals surface area contributed by atoms with E-state index in [9.17, 15) is 0 Å². The van der Waals surface area contributed by atoms with Crippen LogP contribution in [0.2, 0.25) is 0 Å². The molecule has 0 bridgehead atoms. The molecule has 0 radical (unpaired) electrons. The van der Waals surface area contributed by atoms with Crippen LogP contribution in [0.4, 0.5) is 0 Å². The SMILES string of the molecule is Cc1c(C)c(C)n2c(C)[n+]3c(c2c1C)C1=C(C2C=CC=CC2O1)C3(C)C. The first kappa shape index (κ1) is 15.9. The molecule has 0 amide bonds. The van der Waals surface area contributed by atoms with Gasteiger partial charge < -0.3 is 4.74 Å². The number of fused-ring (bicyclic) bond motifs is 6. The summed E-state index contributed by atoms with van der Waals surface area (Å²) in [6, 6.07) is 0. The topological polar surface area (TPSA) is 17.5 Å². The monoisotopic (exact) mass is 347 g/mol. The summed E-state index contributed by atoms with van der Waals surface area (Å²) in [6.07, 6.45) is 8.91. The highest BCUT2D eigenvalue weighted by molar-refractivity contribution is 5.80. The molecule has 5 rings (SSSR count). The Bertz CT molecular complexity index is 1090. The van der Waals surface area contributed by atoms with Crippen molar-refractivity contribution in [1.82, 2.24) is 4.40 Å². The number of pyridine rings is 1. The van der Waals surface area contributed by atoms with E-state index in [1.165, 1.54) is 45.0 Å². The third-order valence-electron chi connectivity index (χ3n) is 7.03. The van der Waals surface area contributed by atoms with Crippen molar-refractivity contribution in [2.45, 2.75) is 60.1 Å². The van der Waals surface area contributed by atoms with E-state index in [0.29, 0.717) is 5.92 Å². The van der Waals surface area contributed by atoms with Gasteiger partial charge in [-0.25, -0.2) is 4.57 Å². The second kappa shape index (κ2) is 4.70. The molecule has 4 heterocycles. The van der Waals surface area contributed by atoms with Crippen LogP contribution in [0.5, 0.6) is 0 Å². The van der Waals surface area contributed by atoms with E-state index in [4.69, 9.17) is 4.74 Å². The highest BCUT2D eigenvalue weighted by Crippen LogP contribution is 2.50. The van der Waals surface area contributed by atoms with Crippen molar-refractivity contribution in [2.75, 3.05) is 0 Å². The Morgan fingerprint density at radius 1 is 0.962 bits per heavy atom. The summed E-state index contributed by atoms with van der Waals surface area (Å²) in [4.78, 5) is 0.